The molecule has 0 radical (unpaired) electrons. The fraction of sp³-hybridized carbons (Fsp3) is 0.571. The van der Waals surface area contributed by atoms with Gasteiger partial charge in [0, 0.05) is 0 Å². The van der Waals surface area contributed by atoms with Crippen LogP contribution in [0.2, 0.25) is 0 Å². The standard InChI is InChI=1S/C14H22O/c1-5-7-12-8-6-9-13(10-11(2)3)14(12)15-4/h6,8-9,11H,5,7,10H2,1-4H3. The van der Waals surface area contributed by atoms with Crippen molar-refractivity contribution in [2.24, 2.45) is 5.92 Å². The first-order chi connectivity index (χ1) is 7.19. The largest absolute Gasteiger partial charge is 0.496 e. The average Bonchev–Trinajstić information content (AvgIpc) is 2.18. The summed E-state index contributed by atoms with van der Waals surface area (Å²) in [6, 6.07) is 6.50. The maximum Gasteiger partial charge on any atom is 0.125 e. The molecule has 0 saturated heterocycles. The first-order valence-corrected chi connectivity index (χ1v) is 5.83. The lowest BCUT2D eigenvalue weighted by atomic mass is 9.98. The van der Waals surface area contributed by atoms with Crippen molar-refractivity contribution in [3.63, 3.8) is 0 Å². The fourth-order valence-electron chi connectivity index (χ4n) is 1.97. The van der Waals surface area contributed by atoms with Gasteiger partial charge < -0.3 is 4.74 Å². The quantitative estimate of drug-likeness (QED) is 0.711. The van der Waals surface area contributed by atoms with Gasteiger partial charge in [0.05, 0.1) is 7.11 Å². The number of aryl methyl sites for hydroxylation is 1. The van der Waals surface area contributed by atoms with Crippen LogP contribution < -0.4 is 4.74 Å². The fourth-order valence-corrected chi connectivity index (χ4v) is 1.97. The maximum atomic E-state index is 5.53. The lowest BCUT2D eigenvalue weighted by molar-refractivity contribution is 0.401. The Labute approximate surface area is 93.5 Å². The number of rotatable bonds is 5. The number of benzene rings is 1. The summed E-state index contributed by atoms with van der Waals surface area (Å²) < 4.78 is 5.53. The molecule has 1 rings (SSSR count). The molecule has 0 unspecified atom stereocenters. The van der Waals surface area contributed by atoms with Crippen molar-refractivity contribution in [3.05, 3.63) is 29.3 Å². The van der Waals surface area contributed by atoms with Crippen LogP contribution in [0, 0.1) is 5.92 Å². The van der Waals surface area contributed by atoms with Gasteiger partial charge in [0.15, 0.2) is 0 Å². The van der Waals surface area contributed by atoms with Crippen LogP contribution in [0.1, 0.15) is 38.3 Å². The molecule has 0 aromatic heterocycles. The second-order valence-electron chi connectivity index (χ2n) is 4.46. The van der Waals surface area contributed by atoms with E-state index in [1.54, 1.807) is 7.11 Å². The van der Waals surface area contributed by atoms with Crippen molar-refractivity contribution in [1.82, 2.24) is 0 Å². The minimum Gasteiger partial charge on any atom is -0.496 e. The third-order valence-corrected chi connectivity index (χ3v) is 2.53. The van der Waals surface area contributed by atoms with Crippen LogP contribution in [0.15, 0.2) is 18.2 Å². The van der Waals surface area contributed by atoms with Gasteiger partial charge in [0.25, 0.3) is 0 Å². The van der Waals surface area contributed by atoms with Crippen LogP contribution in [0.5, 0.6) is 5.75 Å². The lowest BCUT2D eigenvalue weighted by Gasteiger charge is -2.14. The highest BCUT2D eigenvalue weighted by atomic mass is 16.5. The van der Waals surface area contributed by atoms with Gasteiger partial charge in [-0.25, -0.2) is 0 Å². The highest BCUT2D eigenvalue weighted by Gasteiger charge is 2.09. The predicted octanol–water partition coefficient (Wildman–Crippen LogP) is 3.85. The molecular weight excluding hydrogens is 184 g/mol. The Bertz CT molecular complexity index is 302. The van der Waals surface area contributed by atoms with Crippen LogP contribution in [-0.2, 0) is 12.8 Å². The van der Waals surface area contributed by atoms with Crippen LogP contribution in [0.4, 0.5) is 0 Å². The van der Waals surface area contributed by atoms with E-state index in [9.17, 15) is 0 Å². The zero-order chi connectivity index (χ0) is 11.3. The van der Waals surface area contributed by atoms with Gasteiger partial charge in [-0.15, -0.1) is 0 Å². The Morgan fingerprint density at radius 1 is 1.20 bits per heavy atom. The van der Waals surface area contributed by atoms with Crippen LogP contribution >= 0.6 is 0 Å². The molecule has 1 heteroatoms. The molecule has 1 aromatic rings. The molecule has 0 bridgehead atoms. The van der Waals surface area contributed by atoms with Gasteiger partial charge in [0.1, 0.15) is 5.75 Å². The summed E-state index contributed by atoms with van der Waals surface area (Å²) >= 11 is 0. The van der Waals surface area contributed by atoms with Crippen molar-refractivity contribution in [2.75, 3.05) is 7.11 Å². The van der Waals surface area contributed by atoms with Gasteiger partial charge in [-0.05, 0) is 29.9 Å². The molecule has 0 N–H and O–H groups in total. The first kappa shape index (κ1) is 12.1. The van der Waals surface area contributed by atoms with E-state index >= 15 is 0 Å². The van der Waals surface area contributed by atoms with Crippen LogP contribution in [0.3, 0.4) is 0 Å². The SMILES string of the molecule is CCCc1cccc(CC(C)C)c1OC. The predicted molar refractivity (Wildman–Crippen MR) is 65.5 cm³/mol. The summed E-state index contributed by atoms with van der Waals surface area (Å²) in [5.41, 5.74) is 2.69. The molecule has 1 aromatic carbocycles. The second-order valence-corrected chi connectivity index (χ2v) is 4.46. The summed E-state index contributed by atoms with van der Waals surface area (Å²) in [5.74, 6) is 1.78. The first-order valence-electron chi connectivity index (χ1n) is 5.83. The smallest absolute Gasteiger partial charge is 0.125 e. The number of methoxy groups -OCH3 is 1. The minimum atomic E-state index is 0.677. The third kappa shape index (κ3) is 3.26. The number of hydrogen-bond acceptors (Lipinski definition) is 1. The van der Waals surface area contributed by atoms with E-state index in [1.807, 2.05) is 0 Å². The van der Waals surface area contributed by atoms with Gasteiger partial charge in [-0.3, -0.25) is 0 Å². The average molecular weight is 206 g/mol. The molecule has 1 nitrogen and oxygen atoms in total. The molecule has 0 heterocycles. The van der Waals surface area contributed by atoms with E-state index < -0.39 is 0 Å². The third-order valence-electron chi connectivity index (χ3n) is 2.53. The molecule has 0 spiro atoms. The monoisotopic (exact) mass is 206 g/mol. The normalized spacial score (nSPS) is 10.7. The van der Waals surface area contributed by atoms with Crippen molar-refractivity contribution < 1.29 is 4.74 Å². The Morgan fingerprint density at radius 2 is 1.87 bits per heavy atom. The van der Waals surface area contributed by atoms with E-state index in [1.165, 1.54) is 17.5 Å². The summed E-state index contributed by atoms with van der Waals surface area (Å²) in [4.78, 5) is 0. The Hall–Kier alpha value is -0.980. The molecule has 0 aliphatic carbocycles. The lowest BCUT2D eigenvalue weighted by Crippen LogP contribution is -2.01. The van der Waals surface area contributed by atoms with Gasteiger partial charge in [-0.1, -0.05) is 45.4 Å². The molecule has 0 aliphatic heterocycles. The zero-order valence-corrected chi connectivity index (χ0v) is 10.3. The van der Waals surface area contributed by atoms with E-state index in [4.69, 9.17) is 4.74 Å². The Balaban J connectivity index is 2.98. The highest BCUT2D eigenvalue weighted by Crippen LogP contribution is 2.27. The molecular formula is C14H22O. The van der Waals surface area contributed by atoms with Gasteiger partial charge in [-0.2, -0.15) is 0 Å². The molecule has 0 amide bonds. The number of para-hydroxylation sites is 1. The van der Waals surface area contributed by atoms with E-state index in [-0.39, 0.29) is 0 Å². The van der Waals surface area contributed by atoms with Crippen LogP contribution in [0.25, 0.3) is 0 Å². The topological polar surface area (TPSA) is 9.23 Å². The van der Waals surface area contributed by atoms with Crippen molar-refractivity contribution in [2.45, 2.75) is 40.0 Å². The minimum absolute atomic E-state index is 0.677. The van der Waals surface area contributed by atoms with Crippen molar-refractivity contribution in [1.29, 1.82) is 0 Å². The zero-order valence-electron chi connectivity index (χ0n) is 10.3. The summed E-state index contributed by atoms with van der Waals surface area (Å²) in [6.45, 7) is 6.69. The van der Waals surface area contributed by atoms with E-state index in [0.29, 0.717) is 5.92 Å². The molecule has 0 fully saturated rings. The van der Waals surface area contributed by atoms with Gasteiger partial charge >= 0.3 is 0 Å². The summed E-state index contributed by atoms with van der Waals surface area (Å²) in [7, 11) is 1.78. The van der Waals surface area contributed by atoms with Crippen LogP contribution in [-0.4, -0.2) is 7.11 Å². The van der Waals surface area contributed by atoms with E-state index in [0.717, 1.165) is 18.6 Å². The van der Waals surface area contributed by atoms with Crippen molar-refractivity contribution in [3.8, 4) is 5.75 Å². The molecule has 84 valence electrons. The molecule has 0 aliphatic rings. The summed E-state index contributed by atoms with van der Waals surface area (Å²) in [5, 5.41) is 0. The van der Waals surface area contributed by atoms with Crippen molar-refractivity contribution >= 4 is 0 Å². The van der Waals surface area contributed by atoms with Gasteiger partial charge in [0.2, 0.25) is 0 Å². The molecule has 0 saturated carbocycles. The summed E-state index contributed by atoms with van der Waals surface area (Å²) in [6.07, 6.45) is 3.37. The maximum absolute atomic E-state index is 5.53. The Morgan fingerprint density at radius 3 is 2.40 bits per heavy atom. The number of ether oxygens (including phenoxy) is 1. The molecule has 0 atom stereocenters. The molecule has 15 heavy (non-hydrogen) atoms. The van der Waals surface area contributed by atoms with E-state index in [2.05, 4.69) is 39.0 Å². The highest BCUT2D eigenvalue weighted by molar-refractivity contribution is 5.41. The number of hydrogen-bond donors (Lipinski definition) is 0. The second kappa shape index (κ2) is 5.79. The Kier molecular flexibility index (Phi) is 4.67.